The van der Waals surface area contributed by atoms with Crippen molar-refractivity contribution in [2.45, 2.75) is 13.0 Å². The lowest BCUT2D eigenvalue weighted by Crippen LogP contribution is -2.32. The maximum absolute atomic E-state index is 13.9. The van der Waals surface area contributed by atoms with Gasteiger partial charge in [-0.25, -0.2) is 18.6 Å². The molecule has 4 rings (SSSR count). The summed E-state index contributed by atoms with van der Waals surface area (Å²) in [6.45, 7) is 1.98. The van der Waals surface area contributed by atoms with Crippen molar-refractivity contribution in [3.8, 4) is 5.75 Å². The molecule has 4 N–H and O–H groups in total. The normalized spacial score (nSPS) is 11.5. The van der Waals surface area contributed by atoms with E-state index in [-0.39, 0.29) is 41.5 Å². The smallest absolute Gasteiger partial charge is 0.337 e. The minimum Gasteiger partial charge on any atom is -0.491 e. The first-order valence-corrected chi connectivity index (χ1v) is 12.1. The van der Waals surface area contributed by atoms with Gasteiger partial charge in [0.1, 0.15) is 18.2 Å². The molecule has 200 valence electrons. The predicted octanol–water partition coefficient (Wildman–Crippen LogP) is 5.54. The molecule has 3 aromatic carbocycles. The van der Waals surface area contributed by atoms with Gasteiger partial charge in [-0.05, 0) is 55.0 Å². The van der Waals surface area contributed by atoms with Crippen LogP contribution in [0.25, 0.3) is 0 Å². The van der Waals surface area contributed by atoms with Crippen LogP contribution in [0.4, 0.5) is 26.0 Å². The Hall–Kier alpha value is -4.99. The second-order valence-corrected chi connectivity index (χ2v) is 8.52. The van der Waals surface area contributed by atoms with Gasteiger partial charge in [-0.1, -0.05) is 30.3 Å². The number of ether oxygens (including phenoxy) is 1. The van der Waals surface area contributed by atoms with E-state index in [9.17, 15) is 23.5 Å². The third-order valence-corrected chi connectivity index (χ3v) is 6.00. The second-order valence-electron chi connectivity index (χ2n) is 8.52. The van der Waals surface area contributed by atoms with Gasteiger partial charge in [0.05, 0.1) is 17.2 Å². The number of nitrogens with zero attached hydrogens (tertiary/aromatic N) is 2. The zero-order chi connectivity index (χ0) is 27.9. The number of pyridine rings is 1. The monoisotopic (exact) mass is 532 g/mol. The number of aromatic nitrogens is 1. The molecule has 0 aliphatic carbocycles. The fourth-order valence-electron chi connectivity index (χ4n) is 4.00. The lowest BCUT2D eigenvalue weighted by Gasteiger charge is -2.25. The minimum atomic E-state index is -1.17. The maximum atomic E-state index is 13.9. The van der Waals surface area contributed by atoms with Crippen LogP contribution in [-0.2, 0) is 0 Å². The summed E-state index contributed by atoms with van der Waals surface area (Å²) in [5, 5.41) is 12.6. The van der Waals surface area contributed by atoms with Gasteiger partial charge in [0, 0.05) is 30.2 Å². The van der Waals surface area contributed by atoms with Crippen LogP contribution in [0, 0.1) is 11.6 Å². The zero-order valence-corrected chi connectivity index (χ0v) is 21.0. The summed E-state index contributed by atoms with van der Waals surface area (Å²) < 4.78 is 33.3. The molecule has 4 aromatic rings. The number of carbonyl (C=O) groups is 2. The van der Waals surface area contributed by atoms with Crippen LogP contribution in [0.2, 0.25) is 0 Å². The van der Waals surface area contributed by atoms with Crippen molar-refractivity contribution in [3.05, 3.63) is 113 Å². The van der Waals surface area contributed by atoms with E-state index in [0.29, 0.717) is 5.75 Å². The number of halogens is 2. The number of rotatable bonds is 10. The Morgan fingerprint density at radius 2 is 1.77 bits per heavy atom. The molecular formula is C29H26F2N4O4. The first-order valence-electron chi connectivity index (χ1n) is 12.1. The van der Waals surface area contributed by atoms with Crippen LogP contribution in [0.5, 0.6) is 5.75 Å². The Labute approximate surface area is 223 Å². The first kappa shape index (κ1) is 27.1. The van der Waals surface area contributed by atoms with Crippen LogP contribution in [0.15, 0.2) is 85.1 Å². The van der Waals surface area contributed by atoms with Crippen molar-refractivity contribution < 1.29 is 28.2 Å². The number of carboxylic acids is 1. The summed E-state index contributed by atoms with van der Waals surface area (Å²) in [5.74, 6) is -3.14. The Bertz CT molecular complexity index is 1480. The molecule has 10 heteroatoms. The standard InChI is InChI=1S/C29H26F2N4O4/c1-2-35(19-10-12-23(30)24(31)15-19)28(36)21-9-6-14-33-27(21)34-26(18-7-4-3-5-8-18)17-39-20-11-13-25(32)22(16-20)29(37)38/h3-16,26H,2,17,32H2,1H3,(H,33,34)(H,37,38)/t26-/m0/s1. The van der Waals surface area contributed by atoms with E-state index in [1.54, 1.807) is 25.1 Å². The fraction of sp³-hybridized carbons (Fsp3) is 0.138. The number of benzene rings is 3. The molecule has 0 saturated heterocycles. The summed E-state index contributed by atoms with van der Waals surface area (Å²) in [5.41, 5.74) is 7.03. The molecule has 0 radical (unpaired) electrons. The number of nitrogen functional groups attached to an aromatic ring is 1. The molecule has 0 unspecified atom stereocenters. The number of aromatic carboxylic acids is 1. The topological polar surface area (TPSA) is 118 Å². The molecule has 1 amide bonds. The predicted molar refractivity (Wildman–Crippen MR) is 144 cm³/mol. The van der Waals surface area contributed by atoms with E-state index in [0.717, 1.165) is 17.7 Å². The molecule has 39 heavy (non-hydrogen) atoms. The summed E-state index contributed by atoms with van der Waals surface area (Å²) in [4.78, 5) is 30.7. The molecule has 1 atom stereocenters. The van der Waals surface area contributed by atoms with Gasteiger partial charge >= 0.3 is 5.97 Å². The molecule has 1 aromatic heterocycles. The Kier molecular flexibility index (Phi) is 8.35. The molecular weight excluding hydrogens is 506 g/mol. The maximum Gasteiger partial charge on any atom is 0.337 e. The van der Waals surface area contributed by atoms with Crippen molar-refractivity contribution in [3.63, 3.8) is 0 Å². The average molecular weight is 533 g/mol. The van der Waals surface area contributed by atoms with E-state index in [1.165, 1.54) is 29.3 Å². The Morgan fingerprint density at radius 3 is 2.46 bits per heavy atom. The SMILES string of the molecule is CCN(C(=O)c1cccnc1N[C@@H](COc1ccc(N)c(C(=O)O)c1)c1ccccc1)c1ccc(F)c(F)c1. The second kappa shape index (κ2) is 12.0. The average Bonchev–Trinajstić information content (AvgIpc) is 2.94. The summed E-state index contributed by atoms with van der Waals surface area (Å²) in [6, 6.07) is 19.6. The van der Waals surface area contributed by atoms with Crippen molar-refractivity contribution in [2.75, 3.05) is 29.1 Å². The quantitative estimate of drug-likeness (QED) is 0.230. The number of carbonyl (C=O) groups excluding carboxylic acids is 1. The van der Waals surface area contributed by atoms with Gasteiger partial charge in [0.2, 0.25) is 0 Å². The van der Waals surface area contributed by atoms with Gasteiger partial charge in [0.25, 0.3) is 5.91 Å². The van der Waals surface area contributed by atoms with Gasteiger partial charge in [-0.3, -0.25) is 4.79 Å². The number of amides is 1. The number of carboxylic acid groups (broad SMARTS) is 1. The number of hydrogen-bond donors (Lipinski definition) is 3. The van der Waals surface area contributed by atoms with Crippen LogP contribution in [-0.4, -0.2) is 35.1 Å². The van der Waals surface area contributed by atoms with Gasteiger partial charge in [-0.2, -0.15) is 0 Å². The number of nitrogens with one attached hydrogen (secondary N) is 1. The molecule has 0 aliphatic rings. The van der Waals surface area contributed by atoms with Crippen LogP contribution >= 0.6 is 0 Å². The molecule has 0 fully saturated rings. The summed E-state index contributed by atoms with van der Waals surface area (Å²) >= 11 is 0. The summed E-state index contributed by atoms with van der Waals surface area (Å²) in [7, 11) is 0. The van der Waals surface area contributed by atoms with E-state index in [2.05, 4.69) is 10.3 Å². The van der Waals surface area contributed by atoms with E-state index >= 15 is 0 Å². The molecule has 1 heterocycles. The van der Waals surface area contributed by atoms with Crippen LogP contribution in [0.1, 0.15) is 39.2 Å². The highest BCUT2D eigenvalue weighted by Gasteiger charge is 2.23. The Balaban J connectivity index is 1.62. The van der Waals surface area contributed by atoms with E-state index < -0.39 is 29.6 Å². The van der Waals surface area contributed by atoms with E-state index in [4.69, 9.17) is 10.5 Å². The lowest BCUT2D eigenvalue weighted by molar-refractivity contribution is 0.0697. The molecule has 8 nitrogen and oxygen atoms in total. The Morgan fingerprint density at radius 1 is 1.00 bits per heavy atom. The van der Waals surface area contributed by atoms with E-state index in [1.807, 2.05) is 30.3 Å². The van der Waals surface area contributed by atoms with Crippen LogP contribution < -0.4 is 20.7 Å². The molecule has 0 saturated carbocycles. The highest BCUT2D eigenvalue weighted by atomic mass is 19.2. The van der Waals surface area contributed by atoms with Gasteiger partial charge in [-0.15, -0.1) is 0 Å². The first-order chi connectivity index (χ1) is 18.8. The fourth-order valence-corrected chi connectivity index (χ4v) is 4.00. The highest BCUT2D eigenvalue weighted by Crippen LogP contribution is 2.27. The highest BCUT2D eigenvalue weighted by molar-refractivity contribution is 6.09. The van der Waals surface area contributed by atoms with Crippen molar-refractivity contribution in [1.29, 1.82) is 0 Å². The van der Waals surface area contributed by atoms with Crippen molar-refractivity contribution in [1.82, 2.24) is 4.98 Å². The largest absolute Gasteiger partial charge is 0.491 e. The van der Waals surface area contributed by atoms with Crippen molar-refractivity contribution >= 4 is 29.1 Å². The third-order valence-electron chi connectivity index (χ3n) is 6.00. The molecule has 0 bridgehead atoms. The lowest BCUT2D eigenvalue weighted by atomic mass is 10.1. The zero-order valence-electron chi connectivity index (χ0n) is 21.0. The number of nitrogens with two attached hydrogens (primary N) is 1. The number of anilines is 3. The number of hydrogen-bond acceptors (Lipinski definition) is 6. The van der Waals surface area contributed by atoms with Crippen molar-refractivity contribution in [2.24, 2.45) is 0 Å². The van der Waals surface area contributed by atoms with Crippen LogP contribution in [0.3, 0.4) is 0 Å². The summed E-state index contributed by atoms with van der Waals surface area (Å²) in [6.07, 6.45) is 1.52. The molecule has 0 aliphatic heterocycles. The van der Waals surface area contributed by atoms with Gasteiger partial charge in [0.15, 0.2) is 11.6 Å². The van der Waals surface area contributed by atoms with Gasteiger partial charge < -0.3 is 25.8 Å². The molecule has 0 spiro atoms. The minimum absolute atomic E-state index is 0.0534. The third kappa shape index (κ3) is 6.30.